The van der Waals surface area contributed by atoms with Crippen LogP contribution in [0.15, 0.2) is 84.9 Å². The second-order valence-corrected chi connectivity index (χ2v) is 10.7. The molecule has 0 atom stereocenters. The summed E-state index contributed by atoms with van der Waals surface area (Å²) in [5.74, 6) is 0. The van der Waals surface area contributed by atoms with Crippen LogP contribution in [0.25, 0.3) is 0 Å². The fourth-order valence-electron chi connectivity index (χ4n) is 6.00. The van der Waals surface area contributed by atoms with E-state index in [-0.39, 0.29) is 5.41 Å². The highest BCUT2D eigenvalue weighted by Crippen LogP contribution is 2.48. The van der Waals surface area contributed by atoms with Crippen molar-refractivity contribution in [2.45, 2.75) is 65.2 Å². The Morgan fingerprint density at radius 3 is 1.25 bits per heavy atom. The van der Waals surface area contributed by atoms with Crippen LogP contribution < -0.4 is 10.6 Å². The van der Waals surface area contributed by atoms with E-state index in [9.17, 15) is 0 Å². The van der Waals surface area contributed by atoms with E-state index in [1.165, 1.54) is 65.5 Å². The number of anilines is 4. The molecule has 1 aliphatic rings. The van der Waals surface area contributed by atoms with Crippen LogP contribution in [0, 0.1) is 27.7 Å². The normalized spacial score (nSPS) is 14.9. The predicted molar refractivity (Wildman–Crippen MR) is 155 cm³/mol. The summed E-state index contributed by atoms with van der Waals surface area (Å²) in [7, 11) is 0. The summed E-state index contributed by atoms with van der Waals surface area (Å²) in [6.45, 7) is 8.82. The Morgan fingerprint density at radius 1 is 0.472 bits per heavy atom. The van der Waals surface area contributed by atoms with Gasteiger partial charge in [0.05, 0.1) is 0 Å². The first-order valence-electron chi connectivity index (χ1n) is 13.3. The molecule has 0 aliphatic heterocycles. The zero-order chi connectivity index (χ0) is 25.1. The summed E-state index contributed by atoms with van der Waals surface area (Å²) in [5.41, 5.74) is 12.9. The number of hydrogen-bond acceptors (Lipinski definition) is 2. The van der Waals surface area contributed by atoms with E-state index in [2.05, 4.69) is 123 Å². The fraction of sp³-hybridized carbons (Fsp3) is 0.294. The maximum absolute atomic E-state index is 3.59. The van der Waals surface area contributed by atoms with Gasteiger partial charge in [-0.15, -0.1) is 0 Å². The van der Waals surface area contributed by atoms with Crippen molar-refractivity contribution in [2.24, 2.45) is 0 Å². The van der Waals surface area contributed by atoms with Gasteiger partial charge in [-0.25, -0.2) is 0 Å². The average Bonchev–Trinajstić information content (AvgIpc) is 2.87. The highest BCUT2D eigenvalue weighted by atomic mass is 14.9. The van der Waals surface area contributed by atoms with Crippen molar-refractivity contribution in [3.63, 3.8) is 0 Å². The number of rotatable bonds is 6. The van der Waals surface area contributed by atoms with Crippen molar-refractivity contribution in [2.75, 3.05) is 10.6 Å². The first kappa shape index (κ1) is 24.2. The monoisotopic (exact) mass is 474 g/mol. The molecule has 0 heterocycles. The molecule has 36 heavy (non-hydrogen) atoms. The molecule has 1 saturated carbocycles. The molecule has 5 rings (SSSR count). The summed E-state index contributed by atoms with van der Waals surface area (Å²) in [6.07, 6.45) is 6.32. The van der Waals surface area contributed by atoms with Crippen molar-refractivity contribution in [3.05, 3.63) is 118 Å². The number of benzene rings is 4. The van der Waals surface area contributed by atoms with Crippen LogP contribution in [0.4, 0.5) is 22.7 Å². The Hall–Kier alpha value is -3.52. The summed E-state index contributed by atoms with van der Waals surface area (Å²) in [6, 6.07) is 31.2. The summed E-state index contributed by atoms with van der Waals surface area (Å²) < 4.78 is 0. The van der Waals surface area contributed by atoms with E-state index in [0.717, 1.165) is 22.7 Å². The Bertz CT molecular complexity index is 1230. The van der Waals surface area contributed by atoms with E-state index in [1.807, 2.05) is 0 Å². The van der Waals surface area contributed by atoms with Crippen molar-refractivity contribution < 1.29 is 0 Å². The topological polar surface area (TPSA) is 24.1 Å². The maximum Gasteiger partial charge on any atom is 0.0387 e. The molecule has 184 valence electrons. The van der Waals surface area contributed by atoms with Crippen LogP contribution in [0.3, 0.4) is 0 Å². The molecule has 0 radical (unpaired) electrons. The summed E-state index contributed by atoms with van der Waals surface area (Å²) in [4.78, 5) is 0. The van der Waals surface area contributed by atoms with Gasteiger partial charge in [-0.1, -0.05) is 66.8 Å². The molecule has 0 spiro atoms. The molecule has 4 aromatic carbocycles. The zero-order valence-electron chi connectivity index (χ0n) is 22.1. The van der Waals surface area contributed by atoms with Crippen molar-refractivity contribution >= 4 is 22.7 Å². The third kappa shape index (κ3) is 5.04. The highest BCUT2D eigenvalue weighted by molar-refractivity contribution is 5.65. The minimum Gasteiger partial charge on any atom is -0.356 e. The van der Waals surface area contributed by atoms with Gasteiger partial charge < -0.3 is 10.6 Å². The largest absolute Gasteiger partial charge is 0.356 e. The molecule has 0 aromatic heterocycles. The van der Waals surface area contributed by atoms with E-state index in [4.69, 9.17) is 0 Å². The van der Waals surface area contributed by atoms with E-state index >= 15 is 0 Å². The van der Waals surface area contributed by atoms with E-state index < -0.39 is 0 Å². The van der Waals surface area contributed by atoms with Crippen LogP contribution in [-0.4, -0.2) is 0 Å². The average molecular weight is 475 g/mol. The van der Waals surface area contributed by atoms with Crippen LogP contribution in [0.5, 0.6) is 0 Å². The lowest BCUT2D eigenvalue weighted by Gasteiger charge is -2.41. The Balaban J connectivity index is 1.46. The lowest BCUT2D eigenvalue weighted by molar-refractivity contribution is 0.343. The molecule has 2 heteroatoms. The van der Waals surface area contributed by atoms with Crippen LogP contribution in [0.1, 0.15) is 65.5 Å². The van der Waals surface area contributed by atoms with E-state index in [0.29, 0.717) is 0 Å². The van der Waals surface area contributed by atoms with Gasteiger partial charge in [0.25, 0.3) is 0 Å². The Labute approximate surface area is 216 Å². The van der Waals surface area contributed by atoms with Gasteiger partial charge in [-0.3, -0.25) is 0 Å². The van der Waals surface area contributed by atoms with Gasteiger partial charge in [-0.2, -0.15) is 0 Å². The first-order valence-corrected chi connectivity index (χ1v) is 13.3. The van der Waals surface area contributed by atoms with Crippen LogP contribution in [-0.2, 0) is 5.41 Å². The van der Waals surface area contributed by atoms with Gasteiger partial charge >= 0.3 is 0 Å². The second-order valence-electron chi connectivity index (χ2n) is 10.7. The number of hydrogen-bond donors (Lipinski definition) is 2. The molecule has 0 saturated heterocycles. The second kappa shape index (κ2) is 10.2. The van der Waals surface area contributed by atoms with Crippen molar-refractivity contribution in [3.8, 4) is 0 Å². The van der Waals surface area contributed by atoms with Gasteiger partial charge in [-0.05, 0) is 111 Å². The molecule has 4 aromatic rings. The van der Waals surface area contributed by atoms with Gasteiger partial charge in [0.1, 0.15) is 0 Å². The van der Waals surface area contributed by atoms with Crippen molar-refractivity contribution in [1.82, 2.24) is 0 Å². The summed E-state index contributed by atoms with van der Waals surface area (Å²) >= 11 is 0. The van der Waals surface area contributed by atoms with E-state index in [1.54, 1.807) is 0 Å². The van der Waals surface area contributed by atoms with Gasteiger partial charge in [0.15, 0.2) is 0 Å². The lowest BCUT2D eigenvalue weighted by Crippen LogP contribution is -2.32. The number of nitrogens with one attached hydrogen (secondary N) is 2. The smallest absolute Gasteiger partial charge is 0.0387 e. The summed E-state index contributed by atoms with van der Waals surface area (Å²) in [5, 5.41) is 7.18. The quantitative estimate of drug-likeness (QED) is 0.291. The highest BCUT2D eigenvalue weighted by Gasteiger charge is 2.37. The lowest BCUT2D eigenvalue weighted by atomic mass is 9.63. The minimum atomic E-state index is 0.0806. The molecule has 1 aliphatic carbocycles. The Kier molecular flexibility index (Phi) is 6.87. The van der Waals surface area contributed by atoms with Crippen LogP contribution in [0.2, 0.25) is 0 Å². The zero-order valence-corrected chi connectivity index (χ0v) is 22.1. The van der Waals surface area contributed by atoms with Gasteiger partial charge in [0.2, 0.25) is 0 Å². The molecular weight excluding hydrogens is 436 g/mol. The molecule has 0 bridgehead atoms. The molecule has 1 fully saturated rings. The fourth-order valence-corrected chi connectivity index (χ4v) is 6.00. The minimum absolute atomic E-state index is 0.0806. The Morgan fingerprint density at radius 2 is 0.861 bits per heavy atom. The molecule has 0 amide bonds. The third-order valence-corrected chi connectivity index (χ3v) is 7.87. The van der Waals surface area contributed by atoms with Gasteiger partial charge in [0, 0.05) is 28.2 Å². The molecular formula is C34H38N2. The van der Waals surface area contributed by atoms with Crippen molar-refractivity contribution in [1.29, 1.82) is 0 Å². The standard InChI is InChI=1S/C34H38N2/c1-24-8-12-28(13-9-24)35-30-16-18-32(26(3)22-30)34(20-6-5-7-21-34)33-19-17-31(23-27(33)4)36-29-14-10-25(2)11-15-29/h8-19,22-23,35-36H,5-7,20-21H2,1-4H3. The SMILES string of the molecule is Cc1ccc(Nc2ccc(C3(c4ccc(Nc5ccc(C)cc5)cc4C)CCCCC3)c(C)c2)cc1. The number of aryl methyl sites for hydroxylation is 4. The predicted octanol–water partition coefficient (Wildman–Crippen LogP) is 9.66. The molecule has 0 unspecified atom stereocenters. The molecule has 2 N–H and O–H groups in total. The van der Waals surface area contributed by atoms with Crippen LogP contribution >= 0.6 is 0 Å². The maximum atomic E-state index is 3.59. The third-order valence-electron chi connectivity index (χ3n) is 7.87. The first-order chi connectivity index (χ1) is 17.4. The molecule has 2 nitrogen and oxygen atoms in total.